The summed E-state index contributed by atoms with van der Waals surface area (Å²) in [5.74, 6) is -0.870. The number of carbonyl (C=O) groups is 2. The Morgan fingerprint density at radius 2 is 2.12 bits per heavy atom. The number of rotatable bonds is 5. The molecule has 0 saturated heterocycles. The molecule has 1 unspecified atom stereocenters. The lowest BCUT2D eigenvalue weighted by Gasteiger charge is -2.14. The number of aldehydes is 1. The number of hydrogen-bond donors (Lipinski definition) is 0. The fourth-order valence-electron chi connectivity index (χ4n) is 1.53. The molecular weight excluding hydrogens is 263 g/mol. The Bertz CT molecular complexity index is 418. The minimum absolute atomic E-state index is 0.292. The smallest absolute Gasteiger partial charge is 0.313 e. The van der Waals surface area contributed by atoms with Crippen LogP contribution in [-0.2, 0) is 14.3 Å². The quantitative estimate of drug-likeness (QED) is 0.612. The monoisotopic (exact) mass is 274 g/mol. The van der Waals surface area contributed by atoms with Gasteiger partial charge >= 0.3 is 5.97 Å². The number of methoxy groups -OCH3 is 1. The Kier molecular flexibility index (Phi) is 5.45. The highest BCUT2D eigenvalue weighted by Gasteiger charge is 2.21. The molecule has 0 aliphatic heterocycles. The minimum atomic E-state index is -0.486. The lowest BCUT2D eigenvalue weighted by atomic mass is 9.94. The molecule has 0 saturated carbocycles. The second-order valence-corrected chi connectivity index (χ2v) is 4.31. The van der Waals surface area contributed by atoms with E-state index >= 15 is 0 Å². The molecule has 1 atom stereocenters. The molecule has 0 aliphatic carbocycles. The van der Waals surface area contributed by atoms with E-state index in [0.29, 0.717) is 28.5 Å². The highest BCUT2D eigenvalue weighted by atomic mass is 35.5. The van der Waals surface area contributed by atoms with Crippen molar-refractivity contribution in [1.82, 2.24) is 0 Å². The molecule has 3 nitrogen and oxygen atoms in total. The average Bonchev–Trinajstić information content (AvgIpc) is 2.33. The Balaban J connectivity index is 2.98. The summed E-state index contributed by atoms with van der Waals surface area (Å²) < 4.78 is 4.70. The molecule has 92 valence electrons. The predicted octanol–water partition coefficient (Wildman–Crippen LogP) is 3.23. The minimum Gasteiger partial charge on any atom is -0.469 e. The third-order valence-corrected chi connectivity index (χ3v) is 3.14. The summed E-state index contributed by atoms with van der Waals surface area (Å²) in [4.78, 5) is 22.0. The summed E-state index contributed by atoms with van der Waals surface area (Å²) in [6, 6.07) is 4.95. The van der Waals surface area contributed by atoms with Gasteiger partial charge in [-0.1, -0.05) is 29.3 Å². The van der Waals surface area contributed by atoms with Crippen LogP contribution in [-0.4, -0.2) is 19.4 Å². The molecule has 1 aromatic carbocycles. The van der Waals surface area contributed by atoms with Gasteiger partial charge in [0, 0.05) is 6.42 Å². The van der Waals surface area contributed by atoms with Crippen molar-refractivity contribution in [2.45, 2.75) is 18.8 Å². The number of esters is 1. The second-order valence-electron chi connectivity index (χ2n) is 3.49. The third-order valence-electron chi connectivity index (χ3n) is 2.40. The van der Waals surface area contributed by atoms with E-state index in [1.807, 2.05) is 0 Å². The lowest BCUT2D eigenvalue weighted by Crippen LogP contribution is -2.14. The molecule has 0 N–H and O–H groups in total. The summed E-state index contributed by atoms with van der Waals surface area (Å²) in [6.45, 7) is 0. The van der Waals surface area contributed by atoms with E-state index in [4.69, 9.17) is 27.9 Å². The molecule has 5 heteroatoms. The lowest BCUT2D eigenvalue weighted by molar-refractivity contribution is -0.142. The van der Waals surface area contributed by atoms with Crippen LogP contribution in [0.1, 0.15) is 24.3 Å². The normalized spacial score (nSPS) is 11.9. The van der Waals surface area contributed by atoms with E-state index in [2.05, 4.69) is 0 Å². The number of benzene rings is 1. The van der Waals surface area contributed by atoms with E-state index in [1.54, 1.807) is 18.2 Å². The first-order valence-corrected chi connectivity index (χ1v) is 5.82. The molecule has 0 heterocycles. The van der Waals surface area contributed by atoms with Crippen LogP contribution in [0.25, 0.3) is 0 Å². The van der Waals surface area contributed by atoms with E-state index in [-0.39, 0.29) is 5.97 Å². The summed E-state index contributed by atoms with van der Waals surface area (Å²) in [6.07, 6.45) is 1.46. The van der Waals surface area contributed by atoms with Crippen molar-refractivity contribution in [1.29, 1.82) is 0 Å². The summed E-state index contributed by atoms with van der Waals surface area (Å²) in [7, 11) is 1.31. The third kappa shape index (κ3) is 3.72. The molecule has 0 spiro atoms. The van der Waals surface area contributed by atoms with Crippen LogP contribution in [0.3, 0.4) is 0 Å². The van der Waals surface area contributed by atoms with Crippen molar-refractivity contribution in [3.05, 3.63) is 33.8 Å². The van der Waals surface area contributed by atoms with Gasteiger partial charge in [-0.25, -0.2) is 0 Å². The van der Waals surface area contributed by atoms with Gasteiger partial charge in [0.05, 0.1) is 23.1 Å². The molecule has 0 bridgehead atoms. The molecule has 0 aromatic heterocycles. The first-order chi connectivity index (χ1) is 8.10. The molecule has 0 aliphatic rings. The number of hydrogen-bond acceptors (Lipinski definition) is 3. The van der Waals surface area contributed by atoms with Gasteiger partial charge in [0.2, 0.25) is 0 Å². The van der Waals surface area contributed by atoms with Crippen molar-refractivity contribution in [2.24, 2.45) is 0 Å². The molecule has 1 rings (SSSR count). The van der Waals surface area contributed by atoms with Crippen molar-refractivity contribution >= 4 is 35.5 Å². The largest absolute Gasteiger partial charge is 0.469 e. The maximum atomic E-state index is 11.6. The highest BCUT2D eigenvalue weighted by Crippen LogP contribution is 2.29. The summed E-state index contributed by atoms with van der Waals surface area (Å²) in [5.41, 5.74) is 0.702. The molecule has 17 heavy (non-hydrogen) atoms. The van der Waals surface area contributed by atoms with Gasteiger partial charge in [0.15, 0.2) is 0 Å². The Hall–Kier alpha value is -1.06. The number of ether oxygens (including phenoxy) is 1. The van der Waals surface area contributed by atoms with Crippen molar-refractivity contribution in [2.75, 3.05) is 7.11 Å². The maximum absolute atomic E-state index is 11.6. The van der Waals surface area contributed by atoms with Gasteiger partial charge < -0.3 is 9.53 Å². The molecule has 0 radical (unpaired) electrons. The average molecular weight is 275 g/mol. The van der Waals surface area contributed by atoms with Crippen LogP contribution < -0.4 is 0 Å². The first-order valence-electron chi connectivity index (χ1n) is 5.06. The van der Waals surface area contributed by atoms with Crippen LogP contribution in [0.4, 0.5) is 0 Å². The van der Waals surface area contributed by atoms with Crippen LogP contribution in [0.5, 0.6) is 0 Å². The van der Waals surface area contributed by atoms with Crippen LogP contribution in [0.15, 0.2) is 18.2 Å². The Morgan fingerprint density at radius 3 is 2.65 bits per heavy atom. The van der Waals surface area contributed by atoms with Crippen molar-refractivity contribution in [3.63, 3.8) is 0 Å². The topological polar surface area (TPSA) is 43.4 Å². The predicted molar refractivity (Wildman–Crippen MR) is 66.5 cm³/mol. The van der Waals surface area contributed by atoms with Crippen molar-refractivity contribution in [3.8, 4) is 0 Å². The van der Waals surface area contributed by atoms with Crippen molar-refractivity contribution < 1.29 is 14.3 Å². The van der Waals surface area contributed by atoms with Gasteiger partial charge in [-0.2, -0.15) is 0 Å². The van der Waals surface area contributed by atoms with Gasteiger partial charge in [-0.05, 0) is 24.1 Å². The Labute approximate surface area is 110 Å². The van der Waals surface area contributed by atoms with Gasteiger partial charge in [-0.15, -0.1) is 0 Å². The number of carbonyl (C=O) groups excluding carboxylic acids is 2. The fraction of sp³-hybridized carbons (Fsp3) is 0.333. The maximum Gasteiger partial charge on any atom is 0.313 e. The fourth-order valence-corrected chi connectivity index (χ4v) is 1.83. The van der Waals surface area contributed by atoms with E-state index < -0.39 is 5.92 Å². The zero-order valence-electron chi connectivity index (χ0n) is 9.28. The van der Waals surface area contributed by atoms with E-state index in [9.17, 15) is 9.59 Å². The van der Waals surface area contributed by atoms with E-state index in [0.717, 1.165) is 6.29 Å². The van der Waals surface area contributed by atoms with E-state index in [1.165, 1.54) is 7.11 Å². The second kappa shape index (κ2) is 6.62. The molecule has 0 amide bonds. The highest BCUT2D eigenvalue weighted by molar-refractivity contribution is 6.42. The summed E-state index contributed by atoms with van der Waals surface area (Å²) >= 11 is 11.7. The number of halogens is 2. The Morgan fingerprint density at radius 1 is 1.41 bits per heavy atom. The summed E-state index contributed by atoms with van der Waals surface area (Å²) in [5, 5.41) is 0.804. The standard InChI is InChI=1S/C12H12Cl2O3/c1-17-12(16)9(3-2-6-15)8-4-5-10(13)11(14)7-8/h4-7,9H,2-3H2,1H3. The SMILES string of the molecule is COC(=O)C(CCC=O)c1ccc(Cl)c(Cl)c1. The van der Waals surface area contributed by atoms with Crippen LogP contribution in [0, 0.1) is 0 Å². The van der Waals surface area contributed by atoms with Gasteiger partial charge in [0.25, 0.3) is 0 Å². The van der Waals surface area contributed by atoms with Crippen LogP contribution in [0.2, 0.25) is 10.0 Å². The molecule has 0 fully saturated rings. The zero-order valence-corrected chi connectivity index (χ0v) is 10.8. The van der Waals surface area contributed by atoms with Crippen LogP contribution >= 0.6 is 23.2 Å². The first kappa shape index (κ1) is 14.0. The van der Waals surface area contributed by atoms with Gasteiger partial charge in [-0.3, -0.25) is 4.79 Å². The molecule has 1 aromatic rings. The zero-order chi connectivity index (χ0) is 12.8. The van der Waals surface area contributed by atoms with Gasteiger partial charge in [0.1, 0.15) is 6.29 Å². The molecular formula is C12H12Cl2O3.